The number of rotatable bonds is 7. The van der Waals surface area contributed by atoms with Gasteiger partial charge in [-0.2, -0.15) is 10.4 Å². The van der Waals surface area contributed by atoms with Gasteiger partial charge in [0.2, 0.25) is 11.8 Å². The molecule has 10 heteroatoms. The number of primary amides is 1. The van der Waals surface area contributed by atoms with Crippen LogP contribution in [0.2, 0.25) is 0 Å². The van der Waals surface area contributed by atoms with Crippen molar-refractivity contribution in [3.05, 3.63) is 42.4 Å². The zero-order chi connectivity index (χ0) is 23.5. The Hall–Kier alpha value is -4.13. The summed E-state index contributed by atoms with van der Waals surface area (Å²) in [4.78, 5) is 30.4. The Bertz CT molecular complexity index is 1230. The molecular formula is C23H25N7O3. The Balaban J connectivity index is 1.71. The molecule has 4 heterocycles. The minimum Gasteiger partial charge on any atom is -0.481 e. The maximum Gasteiger partial charge on any atom is 0.252 e. The highest BCUT2D eigenvalue weighted by molar-refractivity contribution is 6.02. The average Bonchev–Trinajstić information content (AvgIpc) is 3.43. The highest BCUT2D eigenvalue weighted by atomic mass is 16.5. The maximum atomic E-state index is 12.3. The zero-order valence-corrected chi connectivity index (χ0v) is 18.5. The van der Waals surface area contributed by atoms with Gasteiger partial charge in [-0.25, -0.2) is 9.50 Å². The molecule has 1 fully saturated rings. The lowest BCUT2D eigenvalue weighted by Crippen LogP contribution is -2.32. The first-order valence-electron chi connectivity index (χ1n) is 10.7. The third-order valence-corrected chi connectivity index (χ3v) is 6.06. The van der Waals surface area contributed by atoms with Gasteiger partial charge in [0.25, 0.3) is 5.91 Å². The summed E-state index contributed by atoms with van der Waals surface area (Å²) in [5.74, 6) is -0.0970. The van der Waals surface area contributed by atoms with Gasteiger partial charge in [0.1, 0.15) is 6.42 Å². The Labute approximate surface area is 191 Å². The van der Waals surface area contributed by atoms with E-state index >= 15 is 0 Å². The number of hydrogen-bond acceptors (Lipinski definition) is 7. The Morgan fingerprint density at radius 2 is 2.12 bits per heavy atom. The van der Waals surface area contributed by atoms with Crippen molar-refractivity contribution in [3.63, 3.8) is 0 Å². The van der Waals surface area contributed by atoms with E-state index < -0.39 is 5.91 Å². The first-order chi connectivity index (χ1) is 15.9. The Morgan fingerprint density at radius 3 is 2.76 bits per heavy atom. The summed E-state index contributed by atoms with van der Waals surface area (Å²) >= 11 is 0. The van der Waals surface area contributed by atoms with Gasteiger partial charge in [-0.05, 0) is 24.5 Å². The van der Waals surface area contributed by atoms with E-state index in [1.165, 1.54) is 6.20 Å². The molecule has 0 aliphatic carbocycles. The standard InChI is InChI=1S/C23H25N7O3/c1-3-14-11-29(21(31)6-7-24)13-18(14)28-22-17(23(25)32)10-27-30-12-16(8-19(22)30)15-4-5-20(33-2)26-9-15/h4-5,8-10,12,14,18,28H,3,6,11,13H2,1-2H3,(H2,25,32)/t14-,18+/m0/s1. The Kier molecular flexibility index (Phi) is 6.13. The minimum absolute atomic E-state index is 0.0945. The summed E-state index contributed by atoms with van der Waals surface area (Å²) in [5.41, 5.74) is 8.93. The number of ether oxygens (including phenoxy) is 1. The van der Waals surface area contributed by atoms with Crippen molar-refractivity contribution in [2.45, 2.75) is 25.8 Å². The van der Waals surface area contributed by atoms with Gasteiger partial charge in [0.05, 0.1) is 36.1 Å². The van der Waals surface area contributed by atoms with Gasteiger partial charge in [-0.3, -0.25) is 9.59 Å². The lowest BCUT2D eigenvalue weighted by atomic mass is 10.00. The fourth-order valence-electron chi connectivity index (χ4n) is 4.24. The largest absolute Gasteiger partial charge is 0.481 e. The maximum absolute atomic E-state index is 12.3. The molecule has 0 radical (unpaired) electrons. The van der Waals surface area contributed by atoms with E-state index in [0.29, 0.717) is 30.2 Å². The molecule has 2 atom stereocenters. The van der Waals surface area contributed by atoms with Gasteiger partial charge in [0.15, 0.2) is 0 Å². The number of nitrogens with two attached hydrogens (primary N) is 1. The number of nitrogens with zero attached hydrogens (tertiary/aromatic N) is 5. The molecule has 3 aromatic heterocycles. The van der Waals surface area contributed by atoms with Crippen molar-refractivity contribution >= 4 is 23.0 Å². The summed E-state index contributed by atoms with van der Waals surface area (Å²) in [6.45, 7) is 3.06. The highest BCUT2D eigenvalue weighted by Crippen LogP contribution is 2.32. The van der Waals surface area contributed by atoms with Crippen LogP contribution in [0.25, 0.3) is 16.6 Å². The van der Waals surface area contributed by atoms with Crippen LogP contribution in [0.15, 0.2) is 36.8 Å². The monoisotopic (exact) mass is 447 g/mol. The van der Waals surface area contributed by atoms with Crippen molar-refractivity contribution in [1.82, 2.24) is 19.5 Å². The second-order valence-corrected chi connectivity index (χ2v) is 8.00. The SMILES string of the molecule is CC[C@H]1CN(C(=O)CC#N)C[C@H]1Nc1c(C(N)=O)cnn2cc(-c3ccc(OC)nc3)cc12. The molecule has 0 spiro atoms. The molecule has 1 saturated heterocycles. The third kappa shape index (κ3) is 4.30. The molecule has 170 valence electrons. The number of nitriles is 1. The van der Waals surface area contributed by atoms with Crippen LogP contribution in [-0.4, -0.2) is 57.6 Å². The molecule has 10 nitrogen and oxygen atoms in total. The van der Waals surface area contributed by atoms with Crippen LogP contribution < -0.4 is 15.8 Å². The third-order valence-electron chi connectivity index (χ3n) is 6.06. The predicted molar refractivity (Wildman–Crippen MR) is 121 cm³/mol. The van der Waals surface area contributed by atoms with E-state index in [1.807, 2.05) is 24.4 Å². The van der Waals surface area contributed by atoms with Crippen molar-refractivity contribution < 1.29 is 14.3 Å². The molecule has 33 heavy (non-hydrogen) atoms. The first kappa shape index (κ1) is 22.1. The second kappa shape index (κ2) is 9.16. The molecule has 0 aromatic carbocycles. The molecule has 0 unspecified atom stereocenters. The summed E-state index contributed by atoms with van der Waals surface area (Å²) in [6.07, 6.45) is 5.70. The number of carbonyl (C=O) groups excluding carboxylic acids is 2. The number of hydrogen-bond donors (Lipinski definition) is 2. The molecule has 4 rings (SSSR count). The van der Waals surface area contributed by atoms with Crippen LogP contribution in [0.1, 0.15) is 30.1 Å². The number of amides is 2. The van der Waals surface area contributed by atoms with Crippen LogP contribution in [0.3, 0.4) is 0 Å². The van der Waals surface area contributed by atoms with Crippen molar-refractivity contribution in [2.24, 2.45) is 11.7 Å². The number of likely N-dealkylation sites (tertiary alicyclic amines) is 1. The van der Waals surface area contributed by atoms with Crippen LogP contribution >= 0.6 is 0 Å². The lowest BCUT2D eigenvalue weighted by molar-refractivity contribution is -0.129. The van der Waals surface area contributed by atoms with Crippen molar-refractivity contribution in [2.75, 3.05) is 25.5 Å². The Morgan fingerprint density at radius 1 is 1.30 bits per heavy atom. The van der Waals surface area contributed by atoms with E-state index in [0.717, 1.165) is 17.5 Å². The minimum atomic E-state index is -0.593. The molecule has 0 bridgehead atoms. The second-order valence-electron chi connectivity index (χ2n) is 8.00. The molecule has 3 aromatic rings. The van der Waals surface area contributed by atoms with E-state index in [9.17, 15) is 9.59 Å². The number of methoxy groups -OCH3 is 1. The van der Waals surface area contributed by atoms with E-state index in [1.54, 1.807) is 28.8 Å². The smallest absolute Gasteiger partial charge is 0.252 e. The highest BCUT2D eigenvalue weighted by Gasteiger charge is 2.35. The zero-order valence-electron chi connectivity index (χ0n) is 18.5. The van der Waals surface area contributed by atoms with Gasteiger partial charge < -0.3 is 20.7 Å². The van der Waals surface area contributed by atoms with E-state index in [2.05, 4.69) is 22.3 Å². The summed E-state index contributed by atoms with van der Waals surface area (Å²) in [7, 11) is 1.56. The summed E-state index contributed by atoms with van der Waals surface area (Å²) in [6, 6.07) is 7.41. The summed E-state index contributed by atoms with van der Waals surface area (Å²) in [5, 5.41) is 16.7. The quantitative estimate of drug-likeness (QED) is 0.565. The number of anilines is 1. The van der Waals surface area contributed by atoms with Gasteiger partial charge in [0, 0.05) is 48.7 Å². The van der Waals surface area contributed by atoms with Gasteiger partial charge in [-0.1, -0.05) is 6.92 Å². The van der Waals surface area contributed by atoms with Gasteiger partial charge in [-0.15, -0.1) is 0 Å². The van der Waals surface area contributed by atoms with Crippen LogP contribution in [0, 0.1) is 17.2 Å². The summed E-state index contributed by atoms with van der Waals surface area (Å²) < 4.78 is 6.81. The van der Waals surface area contributed by atoms with Crippen LogP contribution in [-0.2, 0) is 4.79 Å². The average molecular weight is 447 g/mol. The normalized spacial score (nSPS) is 17.7. The molecule has 1 aliphatic heterocycles. The van der Waals surface area contributed by atoms with Crippen LogP contribution in [0.5, 0.6) is 5.88 Å². The van der Waals surface area contributed by atoms with Gasteiger partial charge >= 0.3 is 0 Å². The fourth-order valence-corrected chi connectivity index (χ4v) is 4.24. The predicted octanol–water partition coefficient (Wildman–Crippen LogP) is 2.07. The van der Waals surface area contributed by atoms with Crippen LogP contribution in [0.4, 0.5) is 5.69 Å². The number of aromatic nitrogens is 3. The number of fused-ring (bicyclic) bond motifs is 1. The number of nitrogens with one attached hydrogen (secondary N) is 1. The molecular weight excluding hydrogens is 422 g/mol. The molecule has 0 saturated carbocycles. The number of pyridine rings is 1. The number of carbonyl (C=O) groups is 2. The fraction of sp³-hybridized carbons (Fsp3) is 0.348. The van der Waals surface area contributed by atoms with E-state index in [-0.39, 0.29) is 29.9 Å². The van der Waals surface area contributed by atoms with E-state index in [4.69, 9.17) is 15.7 Å². The topological polar surface area (TPSA) is 139 Å². The molecule has 1 aliphatic rings. The van der Waals surface area contributed by atoms with Crippen molar-refractivity contribution in [1.29, 1.82) is 5.26 Å². The first-order valence-corrected chi connectivity index (χ1v) is 10.7. The van der Waals surface area contributed by atoms with Crippen molar-refractivity contribution in [3.8, 4) is 23.1 Å². The molecule has 2 amide bonds. The molecule has 3 N–H and O–H groups in total. The lowest BCUT2D eigenvalue weighted by Gasteiger charge is -2.21.